The number of carbonyl (C=O) groups excluding carboxylic acids is 1. The molecule has 0 spiro atoms. The predicted octanol–water partition coefficient (Wildman–Crippen LogP) is 3.93. The lowest BCUT2D eigenvalue weighted by molar-refractivity contribution is 0.0954. The van der Waals surface area contributed by atoms with Crippen LogP contribution in [0.4, 0.5) is 0 Å². The van der Waals surface area contributed by atoms with Crippen molar-refractivity contribution >= 4 is 16.8 Å². The van der Waals surface area contributed by atoms with Crippen LogP contribution < -0.4 is 5.32 Å². The molecule has 0 fully saturated rings. The molecule has 0 unspecified atom stereocenters. The first-order valence-electron chi connectivity index (χ1n) is 8.37. The van der Waals surface area contributed by atoms with Gasteiger partial charge in [0.2, 0.25) is 0 Å². The number of aromatic nitrogens is 2. The van der Waals surface area contributed by atoms with Gasteiger partial charge in [-0.3, -0.25) is 4.79 Å². The quantitative estimate of drug-likeness (QED) is 0.573. The molecule has 0 aliphatic heterocycles. The van der Waals surface area contributed by atoms with Crippen molar-refractivity contribution in [1.82, 2.24) is 14.9 Å². The van der Waals surface area contributed by atoms with E-state index in [2.05, 4.69) is 34.6 Å². The van der Waals surface area contributed by atoms with E-state index in [1.54, 1.807) is 0 Å². The summed E-state index contributed by atoms with van der Waals surface area (Å²) in [6.45, 7) is 0.619. The summed E-state index contributed by atoms with van der Waals surface area (Å²) in [6, 6.07) is 20.0. The summed E-state index contributed by atoms with van der Waals surface area (Å²) < 4.78 is 2.01. The SMILES string of the molecule is O=C(NCCc1ccc2[nH]ccc2c1)c1ccc(-n2cccc2)cc1. The third-order valence-corrected chi connectivity index (χ3v) is 4.35. The molecule has 124 valence electrons. The summed E-state index contributed by atoms with van der Waals surface area (Å²) in [4.78, 5) is 15.5. The molecule has 0 bridgehead atoms. The number of hydrogen-bond acceptors (Lipinski definition) is 1. The normalized spacial score (nSPS) is 10.9. The number of amides is 1. The van der Waals surface area contributed by atoms with Crippen molar-refractivity contribution in [3.05, 3.63) is 90.4 Å². The summed E-state index contributed by atoms with van der Waals surface area (Å²) >= 11 is 0. The molecule has 2 N–H and O–H groups in total. The number of nitrogens with one attached hydrogen (secondary N) is 2. The van der Waals surface area contributed by atoms with E-state index in [-0.39, 0.29) is 5.91 Å². The molecule has 0 radical (unpaired) electrons. The summed E-state index contributed by atoms with van der Waals surface area (Å²) in [5.74, 6) is -0.0400. The molecule has 2 aromatic carbocycles. The van der Waals surface area contributed by atoms with E-state index in [0.717, 1.165) is 17.6 Å². The average molecular weight is 329 g/mol. The van der Waals surface area contributed by atoms with Crippen molar-refractivity contribution in [3.8, 4) is 5.69 Å². The maximum atomic E-state index is 12.3. The Morgan fingerprint density at radius 1 is 1.00 bits per heavy atom. The minimum atomic E-state index is -0.0400. The molecule has 4 heteroatoms. The van der Waals surface area contributed by atoms with Crippen LogP contribution >= 0.6 is 0 Å². The lowest BCUT2D eigenvalue weighted by atomic mass is 10.1. The highest BCUT2D eigenvalue weighted by atomic mass is 16.1. The maximum absolute atomic E-state index is 12.3. The Balaban J connectivity index is 1.35. The van der Waals surface area contributed by atoms with Gasteiger partial charge < -0.3 is 14.9 Å². The fraction of sp³-hybridized carbons (Fsp3) is 0.0952. The van der Waals surface area contributed by atoms with Gasteiger partial charge >= 0.3 is 0 Å². The number of hydrogen-bond donors (Lipinski definition) is 2. The van der Waals surface area contributed by atoms with Crippen LogP contribution in [-0.2, 0) is 6.42 Å². The highest BCUT2D eigenvalue weighted by Gasteiger charge is 2.05. The standard InChI is InChI=1S/C21H19N3O/c25-21(17-4-6-19(7-5-17)24-13-1-2-14-24)23-11-9-16-3-8-20-18(15-16)10-12-22-20/h1-8,10,12-15,22H,9,11H2,(H,23,25). The second-order valence-electron chi connectivity index (χ2n) is 6.04. The predicted molar refractivity (Wildman–Crippen MR) is 100 cm³/mol. The summed E-state index contributed by atoms with van der Waals surface area (Å²) in [6.07, 6.45) is 6.72. The van der Waals surface area contributed by atoms with Gasteiger partial charge in [-0.25, -0.2) is 0 Å². The van der Waals surface area contributed by atoms with Gasteiger partial charge in [-0.15, -0.1) is 0 Å². The Bertz CT molecular complexity index is 982. The van der Waals surface area contributed by atoms with E-state index < -0.39 is 0 Å². The number of fused-ring (bicyclic) bond motifs is 1. The number of carbonyl (C=O) groups is 1. The molecular formula is C21H19N3O. The molecule has 2 heterocycles. The fourth-order valence-electron chi connectivity index (χ4n) is 2.97. The molecule has 4 aromatic rings. The van der Waals surface area contributed by atoms with E-state index in [4.69, 9.17) is 0 Å². The van der Waals surface area contributed by atoms with Crippen LogP contribution in [0.25, 0.3) is 16.6 Å². The molecule has 4 nitrogen and oxygen atoms in total. The Kier molecular flexibility index (Phi) is 4.09. The molecule has 1 amide bonds. The van der Waals surface area contributed by atoms with Gasteiger partial charge in [0.15, 0.2) is 0 Å². The van der Waals surface area contributed by atoms with Crippen molar-refractivity contribution in [1.29, 1.82) is 0 Å². The van der Waals surface area contributed by atoms with Crippen LogP contribution in [0.5, 0.6) is 0 Å². The molecular weight excluding hydrogens is 310 g/mol. The molecule has 0 aliphatic rings. The first-order chi connectivity index (χ1) is 12.3. The minimum Gasteiger partial charge on any atom is -0.361 e. The minimum absolute atomic E-state index is 0.0400. The van der Waals surface area contributed by atoms with Crippen LogP contribution in [0.15, 0.2) is 79.3 Å². The lowest BCUT2D eigenvalue weighted by Gasteiger charge is -2.07. The number of H-pyrrole nitrogens is 1. The number of nitrogens with zero attached hydrogens (tertiary/aromatic N) is 1. The molecule has 4 rings (SSSR count). The third kappa shape index (κ3) is 3.33. The van der Waals surface area contributed by atoms with Crippen LogP contribution in [0, 0.1) is 0 Å². The van der Waals surface area contributed by atoms with Crippen molar-refractivity contribution in [2.24, 2.45) is 0 Å². The van der Waals surface area contributed by atoms with E-state index in [0.29, 0.717) is 12.1 Å². The molecule has 2 aromatic heterocycles. The topological polar surface area (TPSA) is 49.8 Å². The molecule has 0 atom stereocenters. The number of aromatic amines is 1. The van der Waals surface area contributed by atoms with Gasteiger partial charge in [0, 0.05) is 41.9 Å². The lowest BCUT2D eigenvalue weighted by Crippen LogP contribution is -2.25. The van der Waals surface area contributed by atoms with Crippen LogP contribution in [-0.4, -0.2) is 22.0 Å². The van der Waals surface area contributed by atoms with Crippen molar-refractivity contribution in [3.63, 3.8) is 0 Å². The summed E-state index contributed by atoms with van der Waals surface area (Å²) in [7, 11) is 0. The van der Waals surface area contributed by atoms with E-state index in [1.807, 2.05) is 59.6 Å². The van der Waals surface area contributed by atoms with Crippen LogP contribution in [0.3, 0.4) is 0 Å². The van der Waals surface area contributed by atoms with Gasteiger partial charge in [-0.05, 0) is 72.0 Å². The largest absolute Gasteiger partial charge is 0.361 e. The zero-order valence-corrected chi connectivity index (χ0v) is 13.8. The highest BCUT2D eigenvalue weighted by Crippen LogP contribution is 2.14. The zero-order valence-electron chi connectivity index (χ0n) is 13.8. The van der Waals surface area contributed by atoms with Gasteiger partial charge in [0.05, 0.1) is 0 Å². The smallest absolute Gasteiger partial charge is 0.251 e. The summed E-state index contributed by atoms with van der Waals surface area (Å²) in [5.41, 5.74) is 4.07. The third-order valence-electron chi connectivity index (χ3n) is 4.35. The first-order valence-corrected chi connectivity index (χ1v) is 8.37. The van der Waals surface area contributed by atoms with Gasteiger partial charge in [0.25, 0.3) is 5.91 Å². The van der Waals surface area contributed by atoms with E-state index in [1.165, 1.54) is 10.9 Å². The maximum Gasteiger partial charge on any atom is 0.251 e. The second-order valence-corrected chi connectivity index (χ2v) is 6.04. The van der Waals surface area contributed by atoms with Crippen LogP contribution in [0.1, 0.15) is 15.9 Å². The van der Waals surface area contributed by atoms with Gasteiger partial charge in [-0.2, -0.15) is 0 Å². The van der Waals surface area contributed by atoms with Gasteiger partial charge in [0.1, 0.15) is 0 Å². The Hall–Kier alpha value is -3.27. The number of benzene rings is 2. The fourth-order valence-corrected chi connectivity index (χ4v) is 2.97. The molecule has 0 saturated heterocycles. The van der Waals surface area contributed by atoms with Crippen molar-refractivity contribution in [2.75, 3.05) is 6.54 Å². The number of rotatable bonds is 5. The van der Waals surface area contributed by atoms with Gasteiger partial charge in [-0.1, -0.05) is 6.07 Å². The van der Waals surface area contributed by atoms with Crippen molar-refractivity contribution in [2.45, 2.75) is 6.42 Å². The molecule has 0 saturated carbocycles. The van der Waals surface area contributed by atoms with Crippen LogP contribution in [0.2, 0.25) is 0 Å². The average Bonchev–Trinajstić information content (AvgIpc) is 3.33. The Morgan fingerprint density at radius 3 is 2.60 bits per heavy atom. The first kappa shape index (κ1) is 15.3. The van der Waals surface area contributed by atoms with E-state index in [9.17, 15) is 4.79 Å². The monoisotopic (exact) mass is 329 g/mol. The zero-order chi connectivity index (χ0) is 17.1. The molecule has 0 aliphatic carbocycles. The Labute approximate surface area is 146 Å². The molecule has 25 heavy (non-hydrogen) atoms. The van der Waals surface area contributed by atoms with Crippen molar-refractivity contribution < 1.29 is 4.79 Å². The highest BCUT2D eigenvalue weighted by molar-refractivity contribution is 5.94. The van der Waals surface area contributed by atoms with E-state index >= 15 is 0 Å². The second kappa shape index (κ2) is 6.69. The Morgan fingerprint density at radius 2 is 1.80 bits per heavy atom. The summed E-state index contributed by atoms with van der Waals surface area (Å²) in [5, 5.41) is 4.19.